The standard InChI is InChI=1S/C13H16O3S/c1-10-2-4-12(5-3-10)17(14,15)16-9-13-6-11(7-13)8-13/h2-5,11H,6-9H2,1H3. The molecule has 0 aliphatic heterocycles. The van der Waals surface area contributed by atoms with Crippen molar-refractivity contribution in [2.24, 2.45) is 11.3 Å². The van der Waals surface area contributed by atoms with Crippen LogP contribution in [-0.2, 0) is 14.3 Å². The van der Waals surface area contributed by atoms with E-state index in [-0.39, 0.29) is 10.3 Å². The molecule has 3 aliphatic rings. The van der Waals surface area contributed by atoms with Gasteiger partial charge < -0.3 is 0 Å². The molecule has 17 heavy (non-hydrogen) atoms. The Morgan fingerprint density at radius 1 is 1.24 bits per heavy atom. The van der Waals surface area contributed by atoms with E-state index in [9.17, 15) is 8.42 Å². The van der Waals surface area contributed by atoms with Crippen LogP contribution in [0.15, 0.2) is 29.2 Å². The molecule has 0 spiro atoms. The highest BCUT2D eigenvalue weighted by atomic mass is 32.2. The Morgan fingerprint density at radius 2 is 1.82 bits per heavy atom. The average molecular weight is 252 g/mol. The third-order valence-electron chi connectivity index (χ3n) is 3.99. The fraction of sp³-hybridized carbons (Fsp3) is 0.538. The first-order valence-electron chi connectivity index (χ1n) is 5.95. The Balaban J connectivity index is 1.70. The van der Waals surface area contributed by atoms with Gasteiger partial charge in [-0.2, -0.15) is 8.42 Å². The van der Waals surface area contributed by atoms with Crippen LogP contribution in [0.25, 0.3) is 0 Å². The van der Waals surface area contributed by atoms with Crippen LogP contribution in [0.2, 0.25) is 0 Å². The van der Waals surface area contributed by atoms with Crippen LogP contribution in [0.3, 0.4) is 0 Å². The van der Waals surface area contributed by atoms with Crippen LogP contribution in [0, 0.1) is 18.3 Å². The van der Waals surface area contributed by atoms with Crippen LogP contribution < -0.4 is 0 Å². The van der Waals surface area contributed by atoms with Gasteiger partial charge in [0.1, 0.15) is 0 Å². The van der Waals surface area contributed by atoms with Crippen LogP contribution >= 0.6 is 0 Å². The van der Waals surface area contributed by atoms with Crippen molar-refractivity contribution in [3.05, 3.63) is 29.8 Å². The average Bonchev–Trinajstić information content (AvgIpc) is 2.13. The van der Waals surface area contributed by atoms with E-state index < -0.39 is 10.1 Å². The second-order valence-corrected chi connectivity index (χ2v) is 7.12. The number of hydrogen-bond acceptors (Lipinski definition) is 3. The highest BCUT2D eigenvalue weighted by molar-refractivity contribution is 7.86. The molecule has 3 aliphatic carbocycles. The van der Waals surface area contributed by atoms with Crippen molar-refractivity contribution in [3.8, 4) is 0 Å². The zero-order valence-electron chi connectivity index (χ0n) is 9.85. The summed E-state index contributed by atoms with van der Waals surface area (Å²) in [5, 5.41) is 0. The largest absolute Gasteiger partial charge is 0.296 e. The van der Waals surface area contributed by atoms with E-state index in [1.54, 1.807) is 24.3 Å². The summed E-state index contributed by atoms with van der Waals surface area (Å²) < 4.78 is 29.0. The van der Waals surface area contributed by atoms with E-state index in [1.165, 1.54) is 0 Å². The summed E-state index contributed by atoms with van der Waals surface area (Å²) in [6.45, 7) is 2.29. The molecule has 0 amide bonds. The molecule has 0 atom stereocenters. The second kappa shape index (κ2) is 3.56. The fourth-order valence-electron chi connectivity index (χ4n) is 2.81. The summed E-state index contributed by atoms with van der Waals surface area (Å²) in [6, 6.07) is 6.79. The lowest BCUT2D eigenvalue weighted by Gasteiger charge is -2.61. The molecule has 1 aromatic carbocycles. The molecule has 0 aromatic heterocycles. The lowest BCUT2D eigenvalue weighted by molar-refractivity contribution is -0.130. The Bertz CT molecular complexity index is 513. The minimum absolute atomic E-state index is 0.197. The maximum Gasteiger partial charge on any atom is 0.296 e. The van der Waals surface area contributed by atoms with Gasteiger partial charge in [0, 0.05) is 0 Å². The number of rotatable bonds is 4. The van der Waals surface area contributed by atoms with Crippen molar-refractivity contribution in [2.45, 2.75) is 31.1 Å². The zero-order chi connectivity index (χ0) is 12.1. The summed E-state index contributed by atoms with van der Waals surface area (Å²) >= 11 is 0. The highest BCUT2D eigenvalue weighted by Crippen LogP contribution is 2.64. The maximum absolute atomic E-state index is 11.9. The summed E-state index contributed by atoms with van der Waals surface area (Å²) in [4.78, 5) is 0.259. The zero-order valence-corrected chi connectivity index (χ0v) is 10.7. The molecule has 4 heteroatoms. The summed E-state index contributed by atoms with van der Waals surface area (Å²) in [5.41, 5.74) is 1.24. The molecular weight excluding hydrogens is 236 g/mol. The van der Waals surface area contributed by atoms with Gasteiger partial charge in [-0.15, -0.1) is 0 Å². The molecule has 0 N–H and O–H groups in total. The number of benzene rings is 1. The molecule has 0 unspecified atom stereocenters. The van der Waals surface area contributed by atoms with E-state index >= 15 is 0 Å². The summed E-state index contributed by atoms with van der Waals surface area (Å²) in [6.07, 6.45) is 3.45. The van der Waals surface area contributed by atoms with Crippen molar-refractivity contribution in [1.29, 1.82) is 0 Å². The topological polar surface area (TPSA) is 43.4 Å². The first-order valence-corrected chi connectivity index (χ1v) is 7.36. The van der Waals surface area contributed by atoms with Crippen LogP contribution in [0.4, 0.5) is 0 Å². The van der Waals surface area contributed by atoms with Crippen molar-refractivity contribution >= 4 is 10.1 Å². The van der Waals surface area contributed by atoms with Gasteiger partial charge in [0.05, 0.1) is 11.5 Å². The van der Waals surface area contributed by atoms with E-state index in [0.29, 0.717) is 6.61 Å². The molecule has 0 heterocycles. The van der Waals surface area contributed by atoms with Crippen molar-refractivity contribution in [1.82, 2.24) is 0 Å². The van der Waals surface area contributed by atoms with Gasteiger partial charge in [-0.1, -0.05) is 17.7 Å². The SMILES string of the molecule is Cc1ccc(S(=O)(=O)OCC23CC(C2)C3)cc1. The Kier molecular flexibility index (Phi) is 2.35. The normalized spacial score (nSPS) is 30.5. The van der Waals surface area contributed by atoms with Gasteiger partial charge >= 0.3 is 0 Å². The van der Waals surface area contributed by atoms with Gasteiger partial charge in [0.2, 0.25) is 0 Å². The second-order valence-electron chi connectivity index (χ2n) is 5.51. The molecule has 3 saturated carbocycles. The first kappa shape index (κ1) is 11.2. The smallest absolute Gasteiger partial charge is 0.266 e. The fourth-order valence-corrected chi connectivity index (χ4v) is 3.82. The van der Waals surface area contributed by atoms with E-state index in [1.807, 2.05) is 6.92 Å². The number of aryl methyl sites for hydroxylation is 1. The van der Waals surface area contributed by atoms with Crippen molar-refractivity contribution in [3.63, 3.8) is 0 Å². The van der Waals surface area contributed by atoms with E-state index in [4.69, 9.17) is 4.18 Å². The summed E-state index contributed by atoms with van der Waals surface area (Å²) in [5.74, 6) is 0.848. The Morgan fingerprint density at radius 3 is 2.29 bits per heavy atom. The predicted octanol–water partition coefficient (Wildman–Crippen LogP) is 2.50. The maximum atomic E-state index is 11.9. The van der Waals surface area contributed by atoms with E-state index in [0.717, 1.165) is 30.7 Å². The quantitative estimate of drug-likeness (QED) is 0.773. The van der Waals surface area contributed by atoms with Crippen LogP contribution in [0.5, 0.6) is 0 Å². The minimum Gasteiger partial charge on any atom is -0.266 e. The highest BCUT2D eigenvalue weighted by Gasteiger charge is 2.57. The molecule has 3 fully saturated rings. The molecule has 3 nitrogen and oxygen atoms in total. The van der Waals surface area contributed by atoms with Crippen LogP contribution in [0.1, 0.15) is 24.8 Å². The Labute approximate surface area is 102 Å². The predicted molar refractivity (Wildman–Crippen MR) is 64.1 cm³/mol. The Hall–Kier alpha value is -0.870. The van der Waals surface area contributed by atoms with Crippen LogP contribution in [-0.4, -0.2) is 15.0 Å². The van der Waals surface area contributed by atoms with Gasteiger partial charge in [-0.05, 0) is 49.7 Å². The monoisotopic (exact) mass is 252 g/mol. The molecule has 1 aromatic rings. The lowest BCUT2D eigenvalue weighted by atomic mass is 9.45. The molecule has 4 rings (SSSR count). The molecule has 0 saturated heterocycles. The molecule has 0 radical (unpaired) electrons. The first-order chi connectivity index (χ1) is 7.99. The molecular formula is C13H16O3S. The van der Waals surface area contributed by atoms with Crippen molar-refractivity contribution < 1.29 is 12.6 Å². The van der Waals surface area contributed by atoms with Gasteiger partial charge in [-0.3, -0.25) is 4.18 Å². The molecule has 2 bridgehead atoms. The van der Waals surface area contributed by atoms with Gasteiger partial charge in [0.15, 0.2) is 0 Å². The third kappa shape index (κ3) is 1.89. The third-order valence-corrected chi connectivity index (χ3v) is 5.27. The van der Waals surface area contributed by atoms with Gasteiger partial charge in [-0.25, -0.2) is 0 Å². The van der Waals surface area contributed by atoms with Gasteiger partial charge in [0.25, 0.3) is 10.1 Å². The van der Waals surface area contributed by atoms with Crippen molar-refractivity contribution in [2.75, 3.05) is 6.61 Å². The summed E-state index contributed by atoms with van der Waals surface area (Å²) in [7, 11) is -3.56. The minimum atomic E-state index is -3.56. The molecule has 92 valence electrons. The number of hydrogen-bond donors (Lipinski definition) is 0. The van der Waals surface area contributed by atoms with E-state index in [2.05, 4.69) is 0 Å². The lowest BCUT2D eigenvalue weighted by Crippen LogP contribution is -2.54.